The fraction of sp³-hybridized carbons (Fsp3) is 0.222. The fourth-order valence-electron chi connectivity index (χ4n) is 1.30. The van der Waals surface area contributed by atoms with Gasteiger partial charge in [-0.25, -0.2) is 13.4 Å². The van der Waals surface area contributed by atoms with Crippen LogP contribution in [0.5, 0.6) is 0 Å². The predicted octanol–water partition coefficient (Wildman–Crippen LogP) is 0.955. The van der Waals surface area contributed by atoms with Crippen molar-refractivity contribution in [3.8, 4) is 0 Å². The number of hydrogen-bond donors (Lipinski definition) is 1. The predicted molar refractivity (Wildman–Crippen MR) is 57.0 cm³/mol. The molecule has 6 heteroatoms. The van der Waals surface area contributed by atoms with Crippen molar-refractivity contribution in [3.05, 3.63) is 24.1 Å². The third-order valence-electron chi connectivity index (χ3n) is 1.88. The lowest BCUT2D eigenvalue weighted by atomic mass is 10.3. The van der Waals surface area contributed by atoms with Crippen molar-refractivity contribution in [1.29, 1.82) is 0 Å². The van der Waals surface area contributed by atoms with E-state index in [-0.39, 0.29) is 11.6 Å². The molecule has 0 aliphatic carbocycles. The van der Waals surface area contributed by atoms with Crippen LogP contribution in [0.15, 0.2) is 22.6 Å². The minimum atomic E-state index is -3.13. The molecule has 0 unspecified atom stereocenters. The quantitative estimate of drug-likeness (QED) is 0.770. The molecule has 2 aromatic rings. The van der Waals surface area contributed by atoms with Gasteiger partial charge in [-0.1, -0.05) is 6.07 Å². The Labute approximate surface area is 86.8 Å². The lowest BCUT2D eigenvalue weighted by Crippen LogP contribution is -2.00. The van der Waals surface area contributed by atoms with Gasteiger partial charge >= 0.3 is 0 Å². The van der Waals surface area contributed by atoms with E-state index in [0.717, 1.165) is 6.26 Å². The highest BCUT2D eigenvalue weighted by molar-refractivity contribution is 7.89. The summed E-state index contributed by atoms with van der Waals surface area (Å²) in [7, 11) is -3.13. The van der Waals surface area contributed by atoms with Crippen molar-refractivity contribution in [2.24, 2.45) is 0 Å². The standard InChI is InChI=1S/C9H10N2O3S/c1-15(12,13)5-8-11-9-6(10)3-2-4-7(9)14-8/h2-4H,5,10H2,1H3. The minimum absolute atomic E-state index is 0.172. The van der Waals surface area contributed by atoms with Crippen LogP contribution in [0.25, 0.3) is 11.1 Å². The minimum Gasteiger partial charge on any atom is -0.439 e. The topological polar surface area (TPSA) is 86.2 Å². The van der Waals surface area contributed by atoms with Gasteiger partial charge in [-0.05, 0) is 12.1 Å². The first-order chi connectivity index (χ1) is 6.96. The zero-order valence-electron chi connectivity index (χ0n) is 8.10. The van der Waals surface area contributed by atoms with E-state index >= 15 is 0 Å². The Hall–Kier alpha value is -1.56. The molecule has 0 radical (unpaired) electrons. The van der Waals surface area contributed by atoms with Crippen molar-refractivity contribution in [3.63, 3.8) is 0 Å². The van der Waals surface area contributed by atoms with Gasteiger partial charge in [0.2, 0.25) is 5.89 Å². The van der Waals surface area contributed by atoms with Crippen molar-refractivity contribution in [2.75, 3.05) is 12.0 Å². The van der Waals surface area contributed by atoms with E-state index < -0.39 is 9.84 Å². The second-order valence-electron chi connectivity index (χ2n) is 3.37. The number of nitrogens with zero attached hydrogens (tertiary/aromatic N) is 1. The third-order valence-corrected chi connectivity index (χ3v) is 2.65. The zero-order valence-corrected chi connectivity index (χ0v) is 8.91. The molecule has 0 saturated heterocycles. The molecule has 0 fully saturated rings. The molecule has 0 aliphatic heterocycles. The summed E-state index contributed by atoms with van der Waals surface area (Å²) < 4.78 is 27.3. The molecule has 0 amide bonds. The van der Waals surface area contributed by atoms with E-state index in [1.54, 1.807) is 18.2 Å². The van der Waals surface area contributed by atoms with Gasteiger partial charge < -0.3 is 10.2 Å². The average Bonchev–Trinajstić information content (AvgIpc) is 2.45. The van der Waals surface area contributed by atoms with Gasteiger partial charge in [0.05, 0.1) is 5.69 Å². The SMILES string of the molecule is CS(=O)(=O)Cc1nc2c(N)cccc2o1. The third kappa shape index (κ3) is 2.10. The van der Waals surface area contributed by atoms with Crippen LogP contribution >= 0.6 is 0 Å². The Bertz CT molecular complexity index is 601. The number of oxazole rings is 1. The van der Waals surface area contributed by atoms with Crippen LogP contribution < -0.4 is 5.73 Å². The van der Waals surface area contributed by atoms with E-state index in [0.29, 0.717) is 16.8 Å². The van der Waals surface area contributed by atoms with E-state index in [1.807, 2.05) is 0 Å². The number of aromatic nitrogens is 1. The zero-order chi connectivity index (χ0) is 11.1. The maximum atomic E-state index is 11.0. The fourth-order valence-corrected chi connectivity index (χ4v) is 1.87. The summed E-state index contributed by atoms with van der Waals surface area (Å²) in [6, 6.07) is 5.12. The number of nitrogens with two attached hydrogens (primary N) is 1. The maximum Gasteiger partial charge on any atom is 0.210 e. The number of sulfone groups is 1. The van der Waals surface area contributed by atoms with Crippen LogP contribution in [-0.4, -0.2) is 19.7 Å². The van der Waals surface area contributed by atoms with E-state index in [4.69, 9.17) is 10.2 Å². The second kappa shape index (κ2) is 3.23. The number of para-hydroxylation sites is 1. The van der Waals surface area contributed by atoms with E-state index in [1.165, 1.54) is 0 Å². The van der Waals surface area contributed by atoms with Crippen molar-refractivity contribution in [1.82, 2.24) is 4.98 Å². The Morgan fingerprint density at radius 3 is 2.80 bits per heavy atom. The summed E-state index contributed by atoms with van der Waals surface area (Å²) in [4.78, 5) is 4.03. The number of anilines is 1. The summed E-state index contributed by atoms with van der Waals surface area (Å²) in [6.07, 6.45) is 1.13. The first-order valence-electron chi connectivity index (χ1n) is 4.27. The molecule has 1 heterocycles. The molecule has 2 N–H and O–H groups in total. The molecule has 5 nitrogen and oxygen atoms in total. The number of benzene rings is 1. The summed E-state index contributed by atoms with van der Waals surface area (Å²) in [5.41, 5.74) is 7.16. The molecule has 1 aromatic carbocycles. The molecule has 80 valence electrons. The summed E-state index contributed by atoms with van der Waals surface area (Å²) in [5.74, 6) is -0.0356. The molecular formula is C9H10N2O3S. The molecule has 0 aliphatic rings. The molecule has 0 spiro atoms. The highest BCUT2D eigenvalue weighted by atomic mass is 32.2. The summed E-state index contributed by atoms with van der Waals surface area (Å²) in [6.45, 7) is 0. The highest BCUT2D eigenvalue weighted by Crippen LogP contribution is 2.21. The molecular weight excluding hydrogens is 216 g/mol. The van der Waals surface area contributed by atoms with Crippen LogP contribution in [0.1, 0.15) is 5.89 Å². The molecule has 1 aromatic heterocycles. The monoisotopic (exact) mass is 226 g/mol. The van der Waals surface area contributed by atoms with Crippen LogP contribution in [0, 0.1) is 0 Å². The molecule has 0 atom stereocenters. The summed E-state index contributed by atoms with van der Waals surface area (Å²) >= 11 is 0. The first kappa shape index (κ1) is 9.97. The van der Waals surface area contributed by atoms with Crippen LogP contribution in [0.4, 0.5) is 5.69 Å². The van der Waals surface area contributed by atoms with Gasteiger partial charge in [0, 0.05) is 6.26 Å². The van der Waals surface area contributed by atoms with Gasteiger partial charge in [0.25, 0.3) is 0 Å². The van der Waals surface area contributed by atoms with Gasteiger partial charge in [0.1, 0.15) is 11.3 Å². The number of hydrogen-bond acceptors (Lipinski definition) is 5. The van der Waals surface area contributed by atoms with Crippen LogP contribution in [-0.2, 0) is 15.6 Å². The Balaban J connectivity index is 2.53. The lowest BCUT2D eigenvalue weighted by molar-refractivity contribution is 0.542. The van der Waals surface area contributed by atoms with Gasteiger partial charge in [0.15, 0.2) is 15.4 Å². The molecule has 0 bridgehead atoms. The Kier molecular flexibility index (Phi) is 2.15. The van der Waals surface area contributed by atoms with Gasteiger partial charge in [-0.2, -0.15) is 0 Å². The van der Waals surface area contributed by atoms with Crippen molar-refractivity contribution in [2.45, 2.75) is 5.75 Å². The lowest BCUT2D eigenvalue weighted by Gasteiger charge is -1.89. The van der Waals surface area contributed by atoms with E-state index in [2.05, 4.69) is 4.98 Å². The molecule has 0 saturated carbocycles. The summed E-state index contributed by atoms with van der Waals surface area (Å²) in [5, 5.41) is 0. The Morgan fingerprint density at radius 2 is 2.20 bits per heavy atom. The normalized spacial score (nSPS) is 12.1. The van der Waals surface area contributed by atoms with Crippen molar-refractivity contribution < 1.29 is 12.8 Å². The van der Waals surface area contributed by atoms with Crippen molar-refractivity contribution >= 4 is 26.6 Å². The molecule has 2 rings (SSSR count). The van der Waals surface area contributed by atoms with Crippen LogP contribution in [0.2, 0.25) is 0 Å². The van der Waals surface area contributed by atoms with Gasteiger partial charge in [-0.15, -0.1) is 0 Å². The smallest absolute Gasteiger partial charge is 0.210 e. The largest absolute Gasteiger partial charge is 0.439 e. The number of rotatable bonds is 2. The van der Waals surface area contributed by atoms with Crippen LogP contribution in [0.3, 0.4) is 0 Å². The first-order valence-corrected chi connectivity index (χ1v) is 6.33. The second-order valence-corrected chi connectivity index (χ2v) is 5.51. The number of fused-ring (bicyclic) bond motifs is 1. The Morgan fingerprint density at radius 1 is 1.47 bits per heavy atom. The number of nitrogen functional groups attached to an aromatic ring is 1. The van der Waals surface area contributed by atoms with E-state index in [9.17, 15) is 8.42 Å². The molecule has 15 heavy (non-hydrogen) atoms. The van der Waals surface area contributed by atoms with Gasteiger partial charge in [-0.3, -0.25) is 0 Å². The average molecular weight is 226 g/mol. The maximum absolute atomic E-state index is 11.0. The highest BCUT2D eigenvalue weighted by Gasteiger charge is 2.12.